The van der Waals surface area contributed by atoms with Gasteiger partial charge in [-0.3, -0.25) is 0 Å². The minimum Gasteiger partial charge on any atom is -0.444 e. The Kier molecular flexibility index (Phi) is 4.96. The topological polar surface area (TPSA) is 38.3 Å². The second-order valence-corrected chi connectivity index (χ2v) is 5.33. The van der Waals surface area contributed by atoms with E-state index >= 15 is 0 Å². The van der Waals surface area contributed by atoms with Crippen molar-refractivity contribution in [3.63, 3.8) is 0 Å². The van der Waals surface area contributed by atoms with Crippen LogP contribution in [0.25, 0.3) is 0 Å². The minimum atomic E-state index is -0.517. The highest BCUT2D eigenvalue weighted by atomic mass is 35.5. The average Bonchev–Trinajstić information content (AvgIpc) is 2.20. The molecule has 0 radical (unpaired) electrons. The van der Waals surface area contributed by atoms with Gasteiger partial charge in [0, 0.05) is 6.54 Å². The number of halogens is 2. The molecule has 0 atom stereocenters. The fourth-order valence-electron chi connectivity index (χ4n) is 1.32. The predicted molar refractivity (Wildman–Crippen MR) is 69.4 cm³/mol. The predicted octanol–water partition coefficient (Wildman–Crippen LogP) is 3.55. The van der Waals surface area contributed by atoms with Crippen LogP contribution in [0.1, 0.15) is 26.3 Å². The number of ether oxygens (including phenoxy) is 1. The maximum atomic E-state index is 13.1. The van der Waals surface area contributed by atoms with E-state index in [-0.39, 0.29) is 5.02 Å². The summed E-state index contributed by atoms with van der Waals surface area (Å²) in [5.74, 6) is -0.452. The van der Waals surface area contributed by atoms with E-state index in [9.17, 15) is 9.18 Å². The summed E-state index contributed by atoms with van der Waals surface area (Å²) in [7, 11) is 0. The molecule has 0 aliphatic heterocycles. The molecule has 5 heteroatoms. The summed E-state index contributed by atoms with van der Waals surface area (Å²) in [6.45, 7) is 5.76. The first-order valence-corrected chi connectivity index (χ1v) is 6.06. The van der Waals surface area contributed by atoms with Crippen LogP contribution < -0.4 is 5.32 Å². The third kappa shape index (κ3) is 5.36. The molecule has 0 saturated carbocycles. The molecular formula is C13H17ClFNO2. The number of rotatable bonds is 3. The molecule has 1 N–H and O–H groups in total. The molecule has 1 aromatic rings. The lowest BCUT2D eigenvalue weighted by Crippen LogP contribution is -2.33. The van der Waals surface area contributed by atoms with Gasteiger partial charge in [0.05, 0.1) is 5.02 Å². The maximum absolute atomic E-state index is 13.1. The van der Waals surface area contributed by atoms with Crippen LogP contribution in [0, 0.1) is 5.82 Å². The smallest absolute Gasteiger partial charge is 0.407 e. The molecule has 0 aliphatic rings. The molecule has 0 fully saturated rings. The number of carbonyl (C=O) groups excluding carboxylic acids is 1. The van der Waals surface area contributed by atoms with Gasteiger partial charge in [-0.2, -0.15) is 0 Å². The van der Waals surface area contributed by atoms with Crippen LogP contribution in [-0.4, -0.2) is 18.2 Å². The molecule has 0 bridgehead atoms. The lowest BCUT2D eigenvalue weighted by Gasteiger charge is -2.19. The van der Waals surface area contributed by atoms with Crippen LogP contribution in [0.15, 0.2) is 18.2 Å². The molecule has 0 aliphatic carbocycles. The Hall–Kier alpha value is -1.29. The van der Waals surface area contributed by atoms with Crippen molar-refractivity contribution in [2.24, 2.45) is 0 Å². The first kappa shape index (κ1) is 14.8. The molecule has 3 nitrogen and oxygen atoms in total. The average molecular weight is 274 g/mol. The molecule has 1 rings (SSSR count). The molecule has 0 unspecified atom stereocenters. The first-order chi connectivity index (χ1) is 8.28. The van der Waals surface area contributed by atoms with Gasteiger partial charge in [0.25, 0.3) is 0 Å². The zero-order chi connectivity index (χ0) is 13.8. The van der Waals surface area contributed by atoms with E-state index in [1.165, 1.54) is 12.1 Å². The Labute approximate surface area is 111 Å². The van der Waals surface area contributed by atoms with Crippen molar-refractivity contribution in [3.05, 3.63) is 34.6 Å². The van der Waals surface area contributed by atoms with E-state index < -0.39 is 17.5 Å². The molecule has 0 spiro atoms. The summed E-state index contributed by atoms with van der Waals surface area (Å²) in [6.07, 6.45) is 0.0461. The van der Waals surface area contributed by atoms with E-state index in [4.69, 9.17) is 16.3 Å². The Morgan fingerprint density at radius 1 is 1.44 bits per heavy atom. The number of benzene rings is 1. The number of carbonyl (C=O) groups is 1. The minimum absolute atomic E-state index is 0.0962. The summed E-state index contributed by atoms with van der Waals surface area (Å²) in [6, 6.07) is 4.58. The highest BCUT2D eigenvalue weighted by molar-refractivity contribution is 6.30. The lowest BCUT2D eigenvalue weighted by atomic mass is 10.1. The van der Waals surface area contributed by atoms with Crippen LogP contribution in [0.3, 0.4) is 0 Å². The van der Waals surface area contributed by atoms with Crippen molar-refractivity contribution in [2.75, 3.05) is 6.54 Å². The highest BCUT2D eigenvalue weighted by Crippen LogP contribution is 2.15. The van der Waals surface area contributed by atoms with Gasteiger partial charge in [-0.05, 0) is 44.9 Å². The summed E-state index contributed by atoms with van der Waals surface area (Å²) >= 11 is 5.57. The van der Waals surface area contributed by atoms with Gasteiger partial charge in [0.15, 0.2) is 0 Å². The zero-order valence-electron chi connectivity index (χ0n) is 10.7. The Bertz CT molecular complexity index is 429. The fourth-order valence-corrected chi connectivity index (χ4v) is 1.44. The van der Waals surface area contributed by atoms with Crippen molar-refractivity contribution < 1.29 is 13.9 Å². The van der Waals surface area contributed by atoms with E-state index in [1.54, 1.807) is 26.8 Å². The normalized spacial score (nSPS) is 11.2. The molecule has 1 amide bonds. The van der Waals surface area contributed by atoms with Crippen LogP contribution in [0.5, 0.6) is 0 Å². The molecule has 0 saturated heterocycles. The summed E-state index contributed by atoms with van der Waals surface area (Å²) in [5, 5.41) is 2.70. The zero-order valence-corrected chi connectivity index (χ0v) is 11.5. The number of nitrogens with one attached hydrogen (secondary N) is 1. The van der Waals surface area contributed by atoms with Gasteiger partial charge in [-0.1, -0.05) is 17.7 Å². The van der Waals surface area contributed by atoms with E-state index in [0.29, 0.717) is 13.0 Å². The number of amides is 1. The van der Waals surface area contributed by atoms with E-state index in [1.807, 2.05) is 0 Å². The molecule has 0 aromatic heterocycles. The third-order valence-electron chi connectivity index (χ3n) is 2.07. The fraction of sp³-hybridized carbons (Fsp3) is 0.462. The van der Waals surface area contributed by atoms with Gasteiger partial charge < -0.3 is 10.1 Å². The van der Waals surface area contributed by atoms with Gasteiger partial charge >= 0.3 is 6.09 Å². The van der Waals surface area contributed by atoms with Crippen LogP contribution >= 0.6 is 11.6 Å². The highest BCUT2D eigenvalue weighted by Gasteiger charge is 2.15. The van der Waals surface area contributed by atoms with E-state index in [2.05, 4.69) is 5.32 Å². The molecule has 0 heterocycles. The number of alkyl carbamates (subject to hydrolysis) is 1. The van der Waals surface area contributed by atoms with Crippen molar-refractivity contribution >= 4 is 17.7 Å². The molecule has 18 heavy (non-hydrogen) atoms. The van der Waals surface area contributed by atoms with Crippen LogP contribution in [0.2, 0.25) is 5.02 Å². The number of hydrogen-bond donors (Lipinski definition) is 1. The molecule has 100 valence electrons. The van der Waals surface area contributed by atoms with E-state index in [0.717, 1.165) is 5.56 Å². The van der Waals surface area contributed by atoms with Gasteiger partial charge in [-0.25, -0.2) is 9.18 Å². The van der Waals surface area contributed by atoms with Gasteiger partial charge in [0.1, 0.15) is 11.4 Å². The second kappa shape index (κ2) is 6.05. The Morgan fingerprint density at radius 2 is 2.11 bits per heavy atom. The summed E-state index contributed by atoms with van der Waals surface area (Å²) < 4.78 is 18.2. The van der Waals surface area contributed by atoms with Crippen molar-refractivity contribution in [2.45, 2.75) is 32.8 Å². The molecular weight excluding hydrogens is 257 g/mol. The van der Waals surface area contributed by atoms with Gasteiger partial charge in [-0.15, -0.1) is 0 Å². The van der Waals surface area contributed by atoms with Crippen molar-refractivity contribution in [3.8, 4) is 0 Å². The lowest BCUT2D eigenvalue weighted by molar-refractivity contribution is 0.0528. The quantitative estimate of drug-likeness (QED) is 0.915. The Balaban J connectivity index is 2.38. The van der Waals surface area contributed by atoms with Crippen molar-refractivity contribution in [1.82, 2.24) is 5.32 Å². The Morgan fingerprint density at radius 3 is 2.67 bits per heavy atom. The largest absolute Gasteiger partial charge is 0.444 e. The SMILES string of the molecule is CC(C)(C)OC(=O)NCCc1ccc(Cl)c(F)c1. The monoisotopic (exact) mass is 273 g/mol. The first-order valence-electron chi connectivity index (χ1n) is 5.69. The maximum Gasteiger partial charge on any atom is 0.407 e. The van der Waals surface area contributed by atoms with Crippen molar-refractivity contribution in [1.29, 1.82) is 0 Å². The van der Waals surface area contributed by atoms with Crippen LogP contribution in [0.4, 0.5) is 9.18 Å². The summed E-state index contributed by atoms with van der Waals surface area (Å²) in [5.41, 5.74) is 0.254. The standard InChI is InChI=1S/C13H17ClFNO2/c1-13(2,3)18-12(17)16-7-6-9-4-5-10(14)11(15)8-9/h4-5,8H,6-7H2,1-3H3,(H,16,17). The van der Waals surface area contributed by atoms with Crippen LogP contribution in [-0.2, 0) is 11.2 Å². The second-order valence-electron chi connectivity index (χ2n) is 4.93. The number of hydrogen-bond acceptors (Lipinski definition) is 2. The third-order valence-corrected chi connectivity index (χ3v) is 2.37. The molecule has 1 aromatic carbocycles. The van der Waals surface area contributed by atoms with Gasteiger partial charge in [0.2, 0.25) is 0 Å². The summed E-state index contributed by atoms with van der Waals surface area (Å²) in [4.78, 5) is 11.3.